The normalized spacial score (nSPS) is 15.5. The van der Waals surface area contributed by atoms with Gasteiger partial charge in [-0.25, -0.2) is 0 Å². The van der Waals surface area contributed by atoms with Gasteiger partial charge < -0.3 is 21.7 Å². The van der Waals surface area contributed by atoms with E-state index in [-0.39, 0.29) is 0 Å². The maximum atomic E-state index is 10.2. The van der Waals surface area contributed by atoms with Gasteiger partial charge in [0.05, 0.1) is 12.5 Å². The van der Waals surface area contributed by atoms with Crippen molar-refractivity contribution in [2.24, 2.45) is 11.5 Å². The lowest BCUT2D eigenvalue weighted by Crippen LogP contribution is -2.43. The fraction of sp³-hybridized carbons (Fsp3) is 0.600. The van der Waals surface area contributed by atoms with Crippen molar-refractivity contribution in [1.29, 1.82) is 0 Å². The number of hydrogen-bond donors (Lipinski definition) is 4. The number of primary amides is 1. The van der Waals surface area contributed by atoms with Gasteiger partial charge in [0.1, 0.15) is 6.04 Å². The van der Waals surface area contributed by atoms with Crippen LogP contribution in [-0.2, 0) is 9.59 Å². The summed E-state index contributed by atoms with van der Waals surface area (Å²) in [6, 6.07) is -1.46. The highest BCUT2D eigenvalue weighted by molar-refractivity contribution is 5.78. The number of carbonyl (C=O) groups excluding carboxylic acids is 1. The first-order chi connectivity index (χ1) is 4.95. The molecule has 64 valence electrons. The number of rotatable bonds is 4. The molecule has 6 heteroatoms. The van der Waals surface area contributed by atoms with E-state index in [1.807, 2.05) is 0 Å². The smallest absolute Gasteiger partial charge is 0.323 e. The highest BCUT2D eigenvalue weighted by atomic mass is 16.4. The van der Waals surface area contributed by atoms with Crippen molar-refractivity contribution in [1.82, 2.24) is 0 Å². The molecule has 0 saturated heterocycles. The molecule has 0 bridgehead atoms. The molecule has 1 unspecified atom stereocenters. The van der Waals surface area contributed by atoms with Crippen LogP contribution in [-0.4, -0.2) is 34.2 Å². The predicted molar refractivity (Wildman–Crippen MR) is 35.4 cm³/mol. The molecule has 0 saturated carbocycles. The second kappa shape index (κ2) is 3.89. The van der Waals surface area contributed by atoms with Gasteiger partial charge in [-0.2, -0.15) is 0 Å². The Morgan fingerprint density at radius 1 is 1.45 bits per heavy atom. The highest BCUT2D eigenvalue weighted by Crippen LogP contribution is 1.95. The number of amides is 1. The fourth-order valence-corrected chi connectivity index (χ4v) is 0.498. The molecule has 1 amide bonds. The van der Waals surface area contributed by atoms with E-state index in [0.29, 0.717) is 0 Å². The molecule has 0 aromatic heterocycles. The molecule has 0 spiro atoms. The maximum Gasteiger partial charge on any atom is 0.323 e. The van der Waals surface area contributed by atoms with Gasteiger partial charge >= 0.3 is 5.97 Å². The zero-order chi connectivity index (χ0) is 9.02. The van der Waals surface area contributed by atoms with E-state index in [2.05, 4.69) is 5.73 Å². The molecule has 11 heavy (non-hydrogen) atoms. The molecule has 0 fully saturated rings. The average Bonchev–Trinajstić information content (AvgIpc) is 1.84. The van der Waals surface area contributed by atoms with Crippen LogP contribution in [0.15, 0.2) is 0 Å². The van der Waals surface area contributed by atoms with Crippen molar-refractivity contribution in [3.05, 3.63) is 0 Å². The molecule has 0 aromatic rings. The van der Waals surface area contributed by atoms with E-state index < -0.39 is 30.4 Å². The van der Waals surface area contributed by atoms with E-state index >= 15 is 0 Å². The zero-order valence-electron chi connectivity index (χ0n) is 5.73. The summed E-state index contributed by atoms with van der Waals surface area (Å²) >= 11 is 0. The van der Waals surface area contributed by atoms with Crippen molar-refractivity contribution < 1.29 is 19.8 Å². The number of hydrogen-bond acceptors (Lipinski definition) is 4. The summed E-state index contributed by atoms with van der Waals surface area (Å²) in [5.41, 5.74) is 9.63. The van der Waals surface area contributed by atoms with Crippen molar-refractivity contribution in [3.8, 4) is 0 Å². The zero-order valence-corrected chi connectivity index (χ0v) is 5.73. The highest BCUT2D eigenvalue weighted by Gasteiger charge is 2.22. The summed E-state index contributed by atoms with van der Waals surface area (Å²) in [4.78, 5) is 20.2. The molecule has 6 N–H and O–H groups in total. The van der Waals surface area contributed by atoms with Crippen molar-refractivity contribution in [3.63, 3.8) is 0 Å². The molecular weight excluding hydrogens is 152 g/mol. The molecular formula is C5H10N2O4. The lowest BCUT2D eigenvalue weighted by Gasteiger charge is -2.11. The maximum absolute atomic E-state index is 10.2. The first-order valence-electron chi connectivity index (χ1n) is 2.90. The lowest BCUT2D eigenvalue weighted by atomic mass is 10.1. The Morgan fingerprint density at radius 3 is 2.18 bits per heavy atom. The summed E-state index contributed by atoms with van der Waals surface area (Å²) in [7, 11) is 0. The third kappa shape index (κ3) is 3.54. The van der Waals surface area contributed by atoms with Crippen molar-refractivity contribution >= 4 is 11.9 Å². The molecule has 0 heterocycles. The number of carbonyl (C=O) groups is 2. The summed E-state index contributed by atoms with van der Waals surface area (Å²) in [6.07, 6.45) is -1.85. The van der Waals surface area contributed by atoms with Crippen LogP contribution < -0.4 is 11.5 Å². The Labute approximate surface area is 62.8 Å². The summed E-state index contributed by atoms with van der Waals surface area (Å²) in [5, 5.41) is 17.1. The molecule has 0 aliphatic carbocycles. The molecule has 6 nitrogen and oxygen atoms in total. The van der Waals surface area contributed by atoms with Gasteiger partial charge in [0.25, 0.3) is 0 Å². The molecule has 0 rings (SSSR count). The number of aliphatic carboxylic acids is 1. The SMILES string of the molecule is NC(=O)CC(O)[C@@H](N)C(=O)O. The van der Waals surface area contributed by atoms with Gasteiger partial charge in [-0.1, -0.05) is 0 Å². The van der Waals surface area contributed by atoms with Gasteiger partial charge in [0, 0.05) is 0 Å². The largest absolute Gasteiger partial charge is 0.480 e. The number of aliphatic hydroxyl groups is 1. The van der Waals surface area contributed by atoms with Crippen LogP contribution in [0.5, 0.6) is 0 Å². The van der Waals surface area contributed by atoms with Gasteiger partial charge in [0.15, 0.2) is 0 Å². The van der Waals surface area contributed by atoms with E-state index in [9.17, 15) is 9.59 Å². The van der Waals surface area contributed by atoms with Gasteiger partial charge in [-0.3, -0.25) is 9.59 Å². The van der Waals surface area contributed by atoms with Crippen molar-refractivity contribution in [2.75, 3.05) is 0 Å². The Hall–Kier alpha value is -1.14. The first kappa shape index (κ1) is 9.86. The minimum atomic E-state index is -1.46. The van der Waals surface area contributed by atoms with Crippen LogP contribution in [0.4, 0.5) is 0 Å². The molecule has 0 aliphatic rings. The second-order valence-corrected chi connectivity index (χ2v) is 2.10. The summed E-state index contributed by atoms with van der Waals surface area (Å²) < 4.78 is 0. The van der Waals surface area contributed by atoms with Gasteiger partial charge in [-0.05, 0) is 0 Å². The third-order valence-electron chi connectivity index (χ3n) is 1.11. The van der Waals surface area contributed by atoms with Crippen LogP contribution in [0.3, 0.4) is 0 Å². The quantitative estimate of drug-likeness (QED) is 0.367. The Morgan fingerprint density at radius 2 is 1.91 bits per heavy atom. The van der Waals surface area contributed by atoms with Crippen LogP contribution in [0.2, 0.25) is 0 Å². The standard InChI is InChI=1S/C5H10N2O4/c6-3(9)1-2(8)4(7)5(10)11/h2,4,8H,1,7H2,(H2,6,9)(H,10,11)/t2?,4-/m1/s1. The lowest BCUT2D eigenvalue weighted by molar-refractivity contribution is -0.141. The van der Waals surface area contributed by atoms with Crippen LogP contribution in [0.25, 0.3) is 0 Å². The fourth-order valence-electron chi connectivity index (χ4n) is 0.498. The minimum Gasteiger partial charge on any atom is -0.480 e. The Kier molecular flexibility index (Phi) is 3.49. The monoisotopic (exact) mass is 162 g/mol. The van der Waals surface area contributed by atoms with Gasteiger partial charge in [-0.15, -0.1) is 0 Å². The predicted octanol–water partition coefficient (Wildman–Crippen LogP) is -2.37. The summed E-state index contributed by atoms with van der Waals surface area (Å²) in [6.45, 7) is 0. The average molecular weight is 162 g/mol. The number of aliphatic hydroxyl groups excluding tert-OH is 1. The summed E-state index contributed by atoms with van der Waals surface area (Å²) in [5.74, 6) is -2.15. The molecule has 2 atom stereocenters. The topological polar surface area (TPSA) is 127 Å². The number of carboxylic acids is 1. The van der Waals surface area contributed by atoms with E-state index in [1.54, 1.807) is 0 Å². The second-order valence-electron chi connectivity index (χ2n) is 2.10. The van der Waals surface area contributed by atoms with Gasteiger partial charge in [0.2, 0.25) is 5.91 Å². The van der Waals surface area contributed by atoms with Crippen LogP contribution in [0.1, 0.15) is 6.42 Å². The Bertz CT molecular complexity index is 170. The number of nitrogens with two attached hydrogens (primary N) is 2. The molecule has 0 radical (unpaired) electrons. The van der Waals surface area contributed by atoms with E-state index in [1.165, 1.54) is 0 Å². The first-order valence-corrected chi connectivity index (χ1v) is 2.90. The number of carboxylic acid groups (broad SMARTS) is 1. The van der Waals surface area contributed by atoms with E-state index in [4.69, 9.17) is 15.9 Å². The van der Waals surface area contributed by atoms with Crippen LogP contribution in [0, 0.1) is 0 Å². The minimum absolute atomic E-state index is 0.437. The molecule has 0 aliphatic heterocycles. The Balaban J connectivity index is 3.92. The van der Waals surface area contributed by atoms with Crippen molar-refractivity contribution in [2.45, 2.75) is 18.6 Å². The third-order valence-corrected chi connectivity index (χ3v) is 1.11. The molecule has 0 aromatic carbocycles. The van der Waals surface area contributed by atoms with E-state index in [0.717, 1.165) is 0 Å². The van der Waals surface area contributed by atoms with Crippen LogP contribution >= 0.6 is 0 Å².